The van der Waals surface area contributed by atoms with Gasteiger partial charge in [0.25, 0.3) is 5.91 Å². The van der Waals surface area contributed by atoms with Crippen molar-refractivity contribution >= 4 is 11.8 Å². The van der Waals surface area contributed by atoms with Gasteiger partial charge in [0.05, 0.1) is 13.2 Å². The highest BCUT2D eigenvalue weighted by molar-refractivity contribution is 5.95. The van der Waals surface area contributed by atoms with Gasteiger partial charge in [-0.25, -0.2) is 0 Å². The normalized spacial score (nSPS) is 20.0. The van der Waals surface area contributed by atoms with Gasteiger partial charge in [0, 0.05) is 25.3 Å². The fraction of sp³-hybridized carbons (Fsp3) is 0.667. The van der Waals surface area contributed by atoms with Crippen LogP contribution in [0.15, 0.2) is 12.3 Å². The van der Waals surface area contributed by atoms with Crippen LogP contribution in [0.4, 0.5) is 0 Å². The maximum Gasteiger partial charge on any atom is 0.272 e. The summed E-state index contributed by atoms with van der Waals surface area (Å²) in [6, 6.07) is 2.00. The summed E-state index contributed by atoms with van der Waals surface area (Å²) in [7, 11) is 0. The van der Waals surface area contributed by atoms with E-state index < -0.39 is 0 Å². The van der Waals surface area contributed by atoms with Gasteiger partial charge in [0.15, 0.2) is 0 Å². The van der Waals surface area contributed by atoms with Crippen molar-refractivity contribution in [1.29, 1.82) is 0 Å². The Labute approximate surface area is 129 Å². The molecule has 1 aliphatic heterocycles. The van der Waals surface area contributed by atoms with Gasteiger partial charge in [-0.15, -0.1) is 0 Å². The summed E-state index contributed by atoms with van der Waals surface area (Å²) in [4.78, 5) is 28.4. The Morgan fingerprint density at radius 2 is 2.09 bits per heavy atom. The topological polar surface area (TPSA) is 78.7 Å². The molecule has 2 amide bonds. The number of amides is 2. The molecule has 1 aromatic heterocycles. The molecule has 0 bridgehead atoms. The van der Waals surface area contributed by atoms with Crippen molar-refractivity contribution in [2.24, 2.45) is 0 Å². The summed E-state index contributed by atoms with van der Waals surface area (Å²) in [6.07, 6.45) is 6.10. The van der Waals surface area contributed by atoms with Gasteiger partial charge in [0.2, 0.25) is 5.91 Å². The molecular formula is C15H22N4O3. The molecule has 1 aromatic rings. The third-order valence-corrected chi connectivity index (χ3v) is 4.56. The van der Waals surface area contributed by atoms with Crippen LogP contribution in [0.5, 0.6) is 0 Å². The molecule has 0 aromatic carbocycles. The molecule has 1 saturated carbocycles. The standard InChI is InChI=1S/C15H22N4O3/c20-10-9-19-13(5-6-16-19)15(22)17-7-8-18(14(21)11-17)12-3-1-2-4-12/h5-6,12,20H,1-4,7-11H2. The van der Waals surface area contributed by atoms with Crippen LogP contribution in [0, 0.1) is 0 Å². The highest BCUT2D eigenvalue weighted by Gasteiger charge is 2.33. The maximum absolute atomic E-state index is 12.5. The second-order valence-corrected chi connectivity index (χ2v) is 5.92. The average Bonchev–Trinajstić information content (AvgIpc) is 3.18. The summed E-state index contributed by atoms with van der Waals surface area (Å²) < 4.78 is 1.48. The minimum atomic E-state index is -0.189. The number of rotatable bonds is 4. The van der Waals surface area contributed by atoms with E-state index in [4.69, 9.17) is 5.11 Å². The SMILES string of the molecule is O=C(c1ccnn1CCO)N1CCN(C2CCCC2)C(=O)C1. The van der Waals surface area contributed by atoms with Crippen molar-refractivity contribution in [2.75, 3.05) is 26.2 Å². The molecule has 7 nitrogen and oxygen atoms in total. The lowest BCUT2D eigenvalue weighted by molar-refractivity contribution is -0.137. The van der Waals surface area contributed by atoms with Crippen LogP contribution in [0.3, 0.4) is 0 Å². The zero-order chi connectivity index (χ0) is 15.5. The Balaban J connectivity index is 1.65. The Morgan fingerprint density at radius 3 is 2.77 bits per heavy atom. The first-order valence-corrected chi connectivity index (χ1v) is 7.92. The van der Waals surface area contributed by atoms with Crippen LogP contribution in [0.25, 0.3) is 0 Å². The number of aromatic nitrogens is 2. The summed E-state index contributed by atoms with van der Waals surface area (Å²) in [5.74, 6) is -0.148. The third-order valence-electron chi connectivity index (χ3n) is 4.56. The van der Waals surface area contributed by atoms with Gasteiger partial charge >= 0.3 is 0 Å². The molecule has 2 fully saturated rings. The van der Waals surface area contributed by atoms with Crippen molar-refractivity contribution in [3.8, 4) is 0 Å². The molecule has 0 atom stereocenters. The molecule has 1 saturated heterocycles. The van der Waals surface area contributed by atoms with Crippen LogP contribution in [-0.2, 0) is 11.3 Å². The fourth-order valence-corrected chi connectivity index (χ4v) is 3.41. The molecule has 2 heterocycles. The highest BCUT2D eigenvalue weighted by atomic mass is 16.3. The maximum atomic E-state index is 12.5. The number of aliphatic hydroxyl groups is 1. The number of piperazine rings is 1. The predicted octanol–water partition coefficient (Wildman–Crippen LogP) is 0.102. The Morgan fingerprint density at radius 1 is 1.32 bits per heavy atom. The number of hydrogen-bond acceptors (Lipinski definition) is 4. The molecule has 0 spiro atoms. The predicted molar refractivity (Wildman–Crippen MR) is 79.2 cm³/mol. The van der Waals surface area contributed by atoms with Crippen LogP contribution in [0.1, 0.15) is 36.2 Å². The first-order chi connectivity index (χ1) is 10.7. The molecule has 0 unspecified atom stereocenters. The van der Waals surface area contributed by atoms with Crippen molar-refractivity contribution in [2.45, 2.75) is 38.3 Å². The van der Waals surface area contributed by atoms with Crippen molar-refractivity contribution in [1.82, 2.24) is 19.6 Å². The van der Waals surface area contributed by atoms with Gasteiger partial charge < -0.3 is 14.9 Å². The van der Waals surface area contributed by atoms with Gasteiger partial charge in [-0.1, -0.05) is 12.8 Å². The van der Waals surface area contributed by atoms with Crippen molar-refractivity contribution in [3.63, 3.8) is 0 Å². The monoisotopic (exact) mass is 306 g/mol. The van der Waals surface area contributed by atoms with Crippen LogP contribution in [0.2, 0.25) is 0 Å². The van der Waals surface area contributed by atoms with Crippen LogP contribution < -0.4 is 0 Å². The number of nitrogens with zero attached hydrogens (tertiary/aromatic N) is 4. The van der Waals surface area contributed by atoms with E-state index in [-0.39, 0.29) is 31.5 Å². The molecule has 7 heteroatoms. The van der Waals surface area contributed by atoms with E-state index >= 15 is 0 Å². The van der Waals surface area contributed by atoms with Crippen molar-refractivity contribution in [3.05, 3.63) is 18.0 Å². The van der Waals surface area contributed by atoms with Crippen LogP contribution >= 0.6 is 0 Å². The minimum Gasteiger partial charge on any atom is -0.394 e. The lowest BCUT2D eigenvalue weighted by atomic mass is 10.1. The molecule has 1 aliphatic carbocycles. The zero-order valence-electron chi connectivity index (χ0n) is 12.6. The first-order valence-electron chi connectivity index (χ1n) is 7.92. The fourth-order valence-electron chi connectivity index (χ4n) is 3.41. The number of carbonyl (C=O) groups excluding carboxylic acids is 2. The number of carbonyl (C=O) groups is 2. The zero-order valence-corrected chi connectivity index (χ0v) is 12.6. The smallest absolute Gasteiger partial charge is 0.272 e. The van der Waals surface area contributed by atoms with E-state index in [9.17, 15) is 9.59 Å². The number of hydrogen-bond donors (Lipinski definition) is 1. The van der Waals surface area contributed by atoms with Gasteiger partial charge in [0.1, 0.15) is 12.2 Å². The summed E-state index contributed by atoms with van der Waals surface area (Å²) in [5.41, 5.74) is 0.427. The summed E-state index contributed by atoms with van der Waals surface area (Å²) >= 11 is 0. The Kier molecular flexibility index (Phi) is 4.42. The summed E-state index contributed by atoms with van der Waals surface area (Å²) in [6.45, 7) is 1.52. The van der Waals surface area contributed by atoms with Gasteiger partial charge in [-0.05, 0) is 18.9 Å². The first kappa shape index (κ1) is 15.0. The largest absolute Gasteiger partial charge is 0.394 e. The second kappa shape index (κ2) is 6.48. The lowest BCUT2D eigenvalue weighted by Crippen LogP contribution is -2.55. The van der Waals surface area contributed by atoms with E-state index in [1.54, 1.807) is 17.2 Å². The van der Waals surface area contributed by atoms with E-state index in [0.29, 0.717) is 24.8 Å². The lowest BCUT2D eigenvalue weighted by Gasteiger charge is -2.37. The molecular weight excluding hydrogens is 284 g/mol. The number of aliphatic hydroxyl groups excluding tert-OH is 1. The molecule has 0 radical (unpaired) electrons. The minimum absolute atomic E-state index is 0.0414. The van der Waals surface area contributed by atoms with Gasteiger partial charge in [-0.2, -0.15) is 5.10 Å². The quantitative estimate of drug-likeness (QED) is 0.856. The van der Waals surface area contributed by atoms with E-state index in [0.717, 1.165) is 12.8 Å². The van der Waals surface area contributed by atoms with E-state index in [2.05, 4.69) is 5.10 Å². The Hall–Kier alpha value is -1.89. The van der Waals surface area contributed by atoms with Crippen LogP contribution in [-0.4, -0.2) is 68.8 Å². The Bertz CT molecular complexity index is 551. The molecule has 1 N–H and O–H groups in total. The second-order valence-electron chi connectivity index (χ2n) is 5.92. The third kappa shape index (κ3) is 2.85. The van der Waals surface area contributed by atoms with Crippen molar-refractivity contribution < 1.29 is 14.7 Å². The average molecular weight is 306 g/mol. The molecule has 120 valence electrons. The molecule has 2 aliphatic rings. The van der Waals surface area contributed by atoms with Gasteiger partial charge in [-0.3, -0.25) is 14.3 Å². The molecule has 22 heavy (non-hydrogen) atoms. The summed E-state index contributed by atoms with van der Waals surface area (Å²) in [5, 5.41) is 13.0. The highest BCUT2D eigenvalue weighted by Crippen LogP contribution is 2.25. The molecule has 3 rings (SSSR count). The van der Waals surface area contributed by atoms with E-state index in [1.165, 1.54) is 17.5 Å². The van der Waals surface area contributed by atoms with E-state index in [1.807, 2.05) is 4.90 Å².